The molecule has 3 N–H and O–H groups in total. The smallest absolute Gasteiger partial charge is 0.266 e. The van der Waals surface area contributed by atoms with Crippen LogP contribution in [0, 0.1) is 25.2 Å². The standard InChI is InChI=1S/C26H23N3O4/c1-17-7-12-23(18(2)13-17)29-25(31)16-33-24-6-4-3-5-19(24)14-20(15-27)26(32)28-21-8-10-22(30)11-9-21/h3-14,30H,16H2,1-2H3,(H,28,32)(H,29,31)/b20-14+. The van der Waals surface area contributed by atoms with Gasteiger partial charge < -0.3 is 20.5 Å². The molecule has 0 aromatic heterocycles. The van der Waals surface area contributed by atoms with Gasteiger partial charge in [-0.15, -0.1) is 0 Å². The molecule has 0 heterocycles. The van der Waals surface area contributed by atoms with Gasteiger partial charge in [0, 0.05) is 16.9 Å². The number of nitrogens with zero attached hydrogens (tertiary/aromatic N) is 1. The van der Waals surface area contributed by atoms with E-state index in [4.69, 9.17) is 4.74 Å². The molecule has 0 saturated heterocycles. The molecule has 0 aliphatic carbocycles. The lowest BCUT2D eigenvalue weighted by atomic mass is 10.1. The summed E-state index contributed by atoms with van der Waals surface area (Å²) in [7, 11) is 0. The highest BCUT2D eigenvalue weighted by Gasteiger charge is 2.12. The number of ether oxygens (including phenoxy) is 1. The Morgan fingerprint density at radius 3 is 2.45 bits per heavy atom. The van der Waals surface area contributed by atoms with Crippen LogP contribution >= 0.6 is 0 Å². The van der Waals surface area contributed by atoms with E-state index in [1.807, 2.05) is 38.1 Å². The number of nitriles is 1. The van der Waals surface area contributed by atoms with Gasteiger partial charge in [-0.25, -0.2) is 0 Å². The number of aryl methyl sites for hydroxylation is 2. The molecular weight excluding hydrogens is 418 g/mol. The monoisotopic (exact) mass is 441 g/mol. The average molecular weight is 441 g/mol. The lowest BCUT2D eigenvalue weighted by Gasteiger charge is -2.12. The predicted molar refractivity (Wildman–Crippen MR) is 127 cm³/mol. The van der Waals surface area contributed by atoms with Crippen molar-refractivity contribution >= 4 is 29.3 Å². The van der Waals surface area contributed by atoms with Gasteiger partial charge >= 0.3 is 0 Å². The van der Waals surface area contributed by atoms with Gasteiger partial charge in [0.25, 0.3) is 11.8 Å². The molecule has 3 aromatic rings. The third-order valence-corrected chi connectivity index (χ3v) is 4.72. The summed E-state index contributed by atoms with van der Waals surface area (Å²) in [5.41, 5.74) is 3.54. The fourth-order valence-electron chi connectivity index (χ4n) is 3.06. The Morgan fingerprint density at radius 2 is 1.76 bits per heavy atom. The number of hydrogen-bond donors (Lipinski definition) is 3. The van der Waals surface area contributed by atoms with E-state index < -0.39 is 5.91 Å². The SMILES string of the molecule is Cc1ccc(NC(=O)COc2ccccc2/C=C(\C#N)C(=O)Nc2ccc(O)cc2)c(C)c1. The van der Waals surface area contributed by atoms with Crippen LogP contribution in [-0.2, 0) is 9.59 Å². The van der Waals surface area contributed by atoms with E-state index in [2.05, 4.69) is 10.6 Å². The molecule has 0 unspecified atom stereocenters. The van der Waals surface area contributed by atoms with Crippen molar-refractivity contribution in [3.05, 3.63) is 89.0 Å². The van der Waals surface area contributed by atoms with Crippen LogP contribution in [0.1, 0.15) is 16.7 Å². The summed E-state index contributed by atoms with van der Waals surface area (Å²) < 4.78 is 5.67. The molecule has 33 heavy (non-hydrogen) atoms. The zero-order valence-corrected chi connectivity index (χ0v) is 18.3. The Balaban J connectivity index is 1.69. The van der Waals surface area contributed by atoms with Crippen LogP contribution in [0.2, 0.25) is 0 Å². The van der Waals surface area contributed by atoms with Gasteiger partial charge in [-0.1, -0.05) is 35.9 Å². The number of anilines is 2. The maximum atomic E-state index is 12.5. The number of aromatic hydroxyl groups is 1. The van der Waals surface area contributed by atoms with Crippen molar-refractivity contribution in [3.63, 3.8) is 0 Å². The number of amides is 2. The van der Waals surface area contributed by atoms with Gasteiger partial charge in [-0.3, -0.25) is 9.59 Å². The third-order valence-electron chi connectivity index (χ3n) is 4.72. The largest absolute Gasteiger partial charge is 0.508 e. The summed E-state index contributed by atoms with van der Waals surface area (Å²) in [6.07, 6.45) is 1.40. The summed E-state index contributed by atoms with van der Waals surface area (Å²) in [6, 6.07) is 20.3. The van der Waals surface area contributed by atoms with Gasteiger partial charge in [-0.05, 0) is 61.9 Å². The fourth-order valence-corrected chi connectivity index (χ4v) is 3.06. The number of para-hydroxylation sites is 1. The maximum absolute atomic E-state index is 12.5. The minimum absolute atomic E-state index is 0.0664. The average Bonchev–Trinajstić information content (AvgIpc) is 2.80. The van der Waals surface area contributed by atoms with Crippen LogP contribution in [0.3, 0.4) is 0 Å². The number of hydrogen-bond acceptors (Lipinski definition) is 5. The topological polar surface area (TPSA) is 111 Å². The molecule has 7 heteroatoms. The fraction of sp³-hybridized carbons (Fsp3) is 0.115. The van der Waals surface area contributed by atoms with Crippen molar-refractivity contribution in [2.75, 3.05) is 17.2 Å². The van der Waals surface area contributed by atoms with E-state index in [-0.39, 0.29) is 23.8 Å². The Kier molecular flexibility index (Phi) is 7.45. The third kappa shape index (κ3) is 6.45. The lowest BCUT2D eigenvalue weighted by Crippen LogP contribution is -2.21. The van der Waals surface area contributed by atoms with Crippen molar-refractivity contribution in [3.8, 4) is 17.6 Å². The molecule has 0 bridgehead atoms. The van der Waals surface area contributed by atoms with Crippen LogP contribution in [-0.4, -0.2) is 23.5 Å². The highest BCUT2D eigenvalue weighted by molar-refractivity contribution is 6.09. The second-order valence-corrected chi connectivity index (χ2v) is 7.36. The first-order valence-electron chi connectivity index (χ1n) is 10.2. The van der Waals surface area contributed by atoms with Crippen LogP contribution < -0.4 is 15.4 Å². The number of rotatable bonds is 7. The highest BCUT2D eigenvalue weighted by Crippen LogP contribution is 2.22. The summed E-state index contributed by atoms with van der Waals surface area (Å²) >= 11 is 0. The molecule has 0 saturated carbocycles. The van der Waals surface area contributed by atoms with Crippen molar-refractivity contribution in [2.24, 2.45) is 0 Å². The first-order chi connectivity index (χ1) is 15.9. The molecule has 7 nitrogen and oxygen atoms in total. The summed E-state index contributed by atoms with van der Waals surface area (Å²) in [5, 5.41) is 24.2. The summed E-state index contributed by atoms with van der Waals surface area (Å²) in [5.74, 6) is -0.507. The van der Waals surface area contributed by atoms with Gasteiger partial charge in [-0.2, -0.15) is 5.26 Å². The van der Waals surface area contributed by atoms with Crippen molar-refractivity contribution in [2.45, 2.75) is 13.8 Å². The molecule has 2 amide bonds. The van der Waals surface area contributed by atoms with Crippen LogP contribution in [0.5, 0.6) is 11.5 Å². The van der Waals surface area contributed by atoms with E-state index in [9.17, 15) is 20.0 Å². The first kappa shape index (κ1) is 23.1. The Labute approximate surface area is 191 Å². The normalized spacial score (nSPS) is 10.8. The minimum atomic E-state index is -0.606. The number of carbonyl (C=O) groups is 2. The molecule has 166 valence electrons. The molecule has 3 aromatic carbocycles. The Bertz CT molecular complexity index is 1240. The number of phenolic OH excluding ortho intramolecular Hbond substituents is 1. The van der Waals surface area contributed by atoms with Crippen LogP contribution in [0.25, 0.3) is 6.08 Å². The molecule has 3 rings (SSSR count). The molecule has 0 fully saturated rings. The van der Waals surface area contributed by atoms with E-state index in [1.54, 1.807) is 24.3 Å². The van der Waals surface area contributed by atoms with E-state index in [0.29, 0.717) is 22.7 Å². The number of nitrogens with one attached hydrogen (secondary N) is 2. The molecule has 0 aliphatic rings. The van der Waals surface area contributed by atoms with Gasteiger partial charge in [0.15, 0.2) is 6.61 Å². The van der Waals surface area contributed by atoms with Crippen LogP contribution in [0.15, 0.2) is 72.3 Å². The first-order valence-corrected chi connectivity index (χ1v) is 10.2. The van der Waals surface area contributed by atoms with E-state index >= 15 is 0 Å². The van der Waals surface area contributed by atoms with E-state index in [1.165, 1.54) is 30.3 Å². The second kappa shape index (κ2) is 10.6. The molecule has 0 aliphatic heterocycles. The molecule has 0 spiro atoms. The molecule has 0 atom stereocenters. The zero-order valence-electron chi connectivity index (χ0n) is 18.3. The van der Waals surface area contributed by atoms with Gasteiger partial charge in [0.2, 0.25) is 0 Å². The van der Waals surface area contributed by atoms with Crippen molar-refractivity contribution in [1.82, 2.24) is 0 Å². The predicted octanol–water partition coefficient (Wildman–Crippen LogP) is 4.57. The molecule has 0 radical (unpaired) electrons. The quantitative estimate of drug-likeness (QED) is 0.282. The van der Waals surface area contributed by atoms with Gasteiger partial charge in [0.05, 0.1) is 0 Å². The van der Waals surface area contributed by atoms with Crippen molar-refractivity contribution in [1.29, 1.82) is 5.26 Å². The number of phenols is 1. The summed E-state index contributed by atoms with van der Waals surface area (Å²) in [6.45, 7) is 3.66. The number of benzene rings is 3. The summed E-state index contributed by atoms with van der Waals surface area (Å²) in [4.78, 5) is 24.9. The van der Waals surface area contributed by atoms with Crippen molar-refractivity contribution < 1.29 is 19.4 Å². The second-order valence-electron chi connectivity index (χ2n) is 7.36. The minimum Gasteiger partial charge on any atom is -0.508 e. The van der Waals surface area contributed by atoms with Crippen LogP contribution in [0.4, 0.5) is 11.4 Å². The zero-order chi connectivity index (χ0) is 23.8. The lowest BCUT2D eigenvalue weighted by molar-refractivity contribution is -0.118. The van der Waals surface area contributed by atoms with Gasteiger partial charge in [0.1, 0.15) is 23.1 Å². The number of carbonyl (C=O) groups excluding carboxylic acids is 2. The Hall–Kier alpha value is -4.57. The highest BCUT2D eigenvalue weighted by atomic mass is 16.5. The maximum Gasteiger partial charge on any atom is 0.266 e. The molecular formula is C26H23N3O4. The Morgan fingerprint density at radius 1 is 1.03 bits per heavy atom. The van der Waals surface area contributed by atoms with E-state index in [0.717, 1.165) is 11.1 Å².